The van der Waals surface area contributed by atoms with Crippen LogP contribution in [0.3, 0.4) is 0 Å². The van der Waals surface area contributed by atoms with Crippen LogP contribution in [0.4, 0.5) is 0 Å². The van der Waals surface area contributed by atoms with E-state index in [4.69, 9.17) is 20.4 Å². The van der Waals surface area contributed by atoms with Crippen molar-refractivity contribution in [2.45, 2.75) is 0 Å². The Bertz CT molecular complexity index is 252. The number of rotatable bonds is 2. The first-order valence-corrected chi connectivity index (χ1v) is 3.89. The van der Waals surface area contributed by atoms with Gasteiger partial charge < -0.3 is 20.4 Å². The highest BCUT2D eigenvalue weighted by molar-refractivity contribution is 7.97. The summed E-state index contributed by atoms with van der Waals surface area (Å²) in [6, 6.07) is 0. The third-order valence-electron chi connectivity index (χ3n) is 0.539. The molecule has 0 spiro atoms. The van der Waals surface area contributed by atoms with Gasteiger partial charge in [0.25, 0.3) is 11.9 Å². The average molecular weight is 182 g/mol. The molecule has 0 aliphatic rings. The van der Waals surface area contributed by atoms with Crippen molar-refractivity contribution in [2.24, 2.45) is 0 Å². The molecule has 0 fully saturated rings. The van der Waals surface area contributed by atoms with Crippen molar-refractivity contribution in [3.05, 3.63) is 22.7 Å². The molecule has 0 amide bonds. The van der Waals surface area contributed by atoms with Crippen LogP contribution in [0.5, 0.6) is 0 Å². The van der Waals surface area contributed by atoms with Crippen LogP contribution >= 0.6 is 0 Å². The van der Waals surface area contributed by atoms with Gasteiger partial charge in [-0.2, -0.15) is 0 Å². The second-order valence-corrected chi connectivity index (χ2v) is 3.19. The van der Waals surface area contributed by atoms with Crippen molar-refractivity contribution in [3.8, 4) is 0 Å². The largest absolute Gasteiger partial charge is 0.481 e. The third kappa shape index (κ3) is 5.09. The highest BCUT2D eigenvalue weighted by atomic mass is 32.2. The number of aliphatic hydroxyl groups is 4. The fraction of sp³-hybridized carbons (Fsp3) is 0. The summed E-state index contributed by atoms with van der Waals surface area (Å²) in [4.78, 5) is 0. The second-order valence-electron chi connectivity index (χ2n) is 1.54. The van der Waals surface area contributed by atoms with Crippen molar-refractivity contribution < 1.29 is 28.8 Å². The van der Waals surface area contributed by atoms with E-state index in [1.54, 1.807) is 0 Å². The zero-order chi connectivity index (χ0) is 9.07. The molecule has 0 aliphatic carbocycles. The van der Waals surface area contributed by atoms with E-state index in [0.717, 1.165) is 0 Å². The fourth-order valence-corrected chi connectivity index (χ4v) is 0.984. The lowest BCUT2D eigenvalue weighted by Gasteiger charge is -1.89. The van der Waals surface area contributed by atoms with Gasteiger partial charge >= 0.3 is 0 Å². The second kappa shape index (κ2) is 3.15. The number of hydrogen-bond acceptors (Lipinski definition) is 6. The van der Waals surface area contributed by atoms with Gasteiger partial charge in [-0.05, 0) is 0 Å². The van der Waals surface area contributed by atoms with Gasteiger partial charge in [0.15, 0.2) is 0 Å². The van der Waals surface area contributed by atoms with Gasteiger partial charge in [0.2, 0.25) is 9.84 Å². The average Bonchev–Trinajstić information content (AvgIpc) is 1.53. The quantitative estimate of drug-likeness (QED) is 0.454. The molecule has 0 aromatic rings. The number of aliphatic hydroxyl groups excluding tert-OH is 2. The molecule has 0 saturated heterocycles. The Labute approximate surface area is 62.3 Å². The molecule has 11 heavy (non-hydrogen) atoms. The number of hydrogen-bond donors (Lipinski definition) is 4. The van der Waals surface area contributed by atoms with E-state index in [1.807, 2.05) is 0 Å². The molecule has 0 atom stereocenters. The van der Waals surface area contributed by atoms with Crippen LogP contribution in [0.25, 0.3) is 0 Å². The number of sulfone groups is 1. The minimum atomic E-state index is -4.10. The van der Waals surface area contributed by atoms with Gasteiger partial charge in [0, 0.05) is 0 Å². The first kappa shape index (κ1) is 9.63. The Balaban J connectivity index is 4.80. The molecule has 0 radical (unpaired) electrons. The highest BCUT2D eigenvalue weighted by Crippen LogP contribution is 1.98. The van der Waals surface area contributed by atoms with Crippen LogP contribution in [0.2, 0.25) is 0 Å². The molecule has 4 N–H and O–H groups in total. The lowest BCUT2D eigenvalue weighted by molar-refractivity contribution is 0.192. The fourth-order valence-electron chi connectivity index (χ4n) is 0.328. The smallest absolute Gasteiger partial charge is 0.286 e. The monoisotopic (exact) mass is 182 g/mol. The van der Waals surface area contributed by atoms with E-state index < -0.39 is 21.7 Å². The Morgan fingerprint density at radius 1 is 0.909 bits per heavy atom. The summed E-state index contributed by atoms with van der Waals surface area (Å²) in [5.74, 6) is -2.86. The lowest BCUT2D eigenvalue weighted by atomic mass is 11.0. The van der Waals surface area contributed by atoms with E-state index in [0.29, 0.717) is 0 Å². The van der Waals surface area contributed by atoms with Crippen molar-refractivity contribution in [1.29, 1.82) is 0 Å². The molecule has 64 valence electrons. The van der Waals surface area contributed by atoms with Gasteiger partial charge in [-0.3, -0.25) is 0 Å². The topological polar surface area (TPSA) is 115 Å². The predicted octanol–water partition coefficient (Wildman–Crippen LogP) is 0.231. The molecular formula is C4H6O6S. The van der Waals surface area contributed by atoms with Crippen LogP contribution in [0, 0.1) is 0 Å². The van der Waals surface area contributed by atoms with Crippen LogP contribution in [0.15, 0.2) is 22.7 Å². The van der Waals surface area contributed by atoms with Crippen molar-refractivity contribution >= 4 is 9.84 Å². The Hall–Kier alpha value is -1.37. The van der Waals surface area contributed by atoms with Crippen molar-refractivity contribution in [3.63, 3.8) is 0 Å². The zero-order valence-corrected chi connectivity index (χ0v) is 5.98. The minimum absolute atomic E-state index is 0.0550. The molecule has 6 nitrogen and oxygen atoms in total. The maximum atomic E-state index is 10.5. The summed E-state index contributed by atoms with van der Waals surface area (Å²) in [6.45, 7) is 0. The van der Waals surface area contributed by atoms with Gasteiger partial charge in [-0.1, -0.05) is 0 Å². The normalized spacial score (nSPS) is 10.2. The standard InChI is InChI=1S/C4H6O6S/c5-3(6)1-11(9,10)2-4(7)8/h1-2,5-8H. The Morgan fingerprint density at radius 2 is 1.18 bits per heavy atom. The maximum absolute atomic E-state index is 10.5. The predicted molar refractivity (Wildman–Crippen MR) is 35.6 cm³/mol. The SMILES string of the molecule is O=S(=O)(C=C(O)O)C=C(O)O. The van der Waals surface area contributed by atoms with Crippen LogP contribution in [0.1, 0.15) is 0 Å². The van der Waals surface area contributed by atoms with E-state index in [1.165, 1.54) is 0 Å². The molecule has 0 unspecified atom stereocenters. The molecule has 0 bridgehead atoms. The van der Waals surface area contributed by atoms with Gasteiger partial charge in [0.05, 0.1) is 0 Å². The summed E-state index contributed by atoms with van der Waals surface area (Å²) in [5, 5.41) is 32.3. The van der Waals surface area contributed by atoms with E-state index in [9.17, 15) is 8.42 Å². The molecule has 0 saturated carbocycles. The molecule has 0 rings (SSSR count). The first-order chi connectivity index (χ1) is 4.83. The lowest BCUT2D eigenvalue weighted by Crippen LogP contribution is -1.94. The Kier molecular flexibility index (Phi) is 2.76. The molecule has 7 heteroatoms. The minimum Gasteiger partial charge on any atom is -0.481 e. The van der Waals surface area contributed by atoms with E-state index in [-0.39, 0.29) is 10.8 Å². The molecule has 0 heterocycles. The van der Waals surface area contributed by atoms with Crippen molar-refractivity contribution in [2.75, 3.05) is 0 Å². The van der Waals surface area contributed by atoms with Crippen LogP contribution in [-0.4, -0.2) is 28.8 Å². The maximum Gasteiger partial charge on any atom is 0.286 e. The Morgan fingerprint density at radius 3 is 1.36 bits per heavy atom. The summed E-state index contributed by atoms with van der Waals surface area (Å²) >= 11 is 0. The van der Waals surface area contributed by atoms with Gasteiger partial charge in [0.1, 0.15) is 10.8 Å². The van der Waals surface area contributed by atoms with Gasteiger partial charge in [-0.25, -0.2) is 8.42 Å². The molecule has 0 aromatic carbocycles. The summed E-state index contributed by atoms with van der Waals surface area (Å²) in [6.07, 6.45) is 0. The molecule has 0 aliphatic heterocycles. The van der Waals surface area contributed by atoms with E-state index in [2.05, 4.69) is 0 Å². The summed E-state index contributed by atoms with van der Waals surface area (Å²) < 4.78 is 20.9. The van der Waals surface area contributed by atoms with Crippen LogP contribution < -0.4 is 0 Å². The molecular weight excluding hydrogens is 176 g/mol. The highest BCUT2D eigenvalue weighted by Gasteiger charge is 2.06. The molecule has 0 aromatic heterocycles. The van der Waals surface area contributed by atoms with Crippen molar-refractivity contribution in [1.82, 2.24) is 0 Å². The summed E-state index contributed by atoms with van der Waals surface area (Å²) in [7, 11) is -4.10. The summed E-state index contributed by atoms with van der Waals surface area (Å²) in [5.41, 5.74) is 0. The van der Waals surface area contributed by atoms with Gasteiger partial charge in [-0.15, -0.1) is 0 Å². The van der Waals surface area contributed by atoms with Crippen LogP contribution in [-0.2, 0) is 9.84 Å². The first-order valence-electron chi connectivity index (χ1n) is 2.28. The zero-order valence-electron chi connectivity index (χ0n) is 5.17. The third-order valence-corrected chi connectivity index (χ3v) is 1.62. The van der Waals surface area contributed by atoms with E-state index >= 15 is 0 Å².